The molecule has 0 amide bonds. The maximum absolute atomic E-state index is 12.1. The van der Waals surface area contributed by atoms with E-state index in [9.17, 15) is 8.42 Å². The van der Waals surface area contributed by atoms with Gasteiger partial charge < -0.3 is 5.32 Å². The molecule has 0 atom stereocenters. The highest BCUT2D eigenvalue weighted by Crippen LogP contribution is 2.17. The summed E-state index contributed by atoms with van der Waals surface area (Å²) in [4.78, 5) is 0.271. The maximum atomic E-state index is 12.1. The monoisotopic (exact) mass is 294 g/mol. The smallest absolute Gasteiger partial charge is 0.179 e. The first-order valence-corrected chi connectivity index (χ1v) is 8.39. The van der Waals surface area contributed by atoms with Crippen molar-refractivity contribution in [1.82, 2.24) is 5.32 Å². The van der Waals surface area contributed by atoms with Gasteiger partial charge in [0.1, 0.15) is 0 Å². The molecular formula is C15H22N2O2S. The summed E-state index contributed by atoms with van der Waals surface area (Å²) in [5.41, 5.74) is 0.643. The van der Waals surface area contributed by atoms with Crippen LogP contribution in [0.15, 0.2) is 29.2 Å². The van der Waals surface area contributed by atoms with Crippen molar-refractivity contribution in [2.75, 3.05) is 18.8 Å². The number of nitrogens with zero attached hydrogens (tertiary/aromatic N) is 1. The van der Waals surface area contributed by atoms with Crippen molar-refractivity contribution in [2.24, 2.45) is 5.41 Å². The molecule has 1 rings (SSSR count). The molecule has 1 N–H and O–H groups in total. The van der Waals surface area contributed by atoms with Crippen molar-refractivity contribution in [2.45, 2.75) is 32.1 Å². The third kappa shape index (κ3) is 4.95. The summed E-state index contributed by atoms with van der Waals surface area (Å²) < 4.78 is 24.2. The summed E-state index contributed by atoms with van der Waals surface area (Å²) in [6, 6.07) is 8.01. The van der Waals surface area contributed by atoms with E-state index in [-0.39, 0.29) is 16.1 Å². The number of rotatable bonds is 7. The lowest BCUT2D eigenvalue weighted by molar-refractivity contribution is 0.332. The van der Waals surface area contributed by atoms with E-state index in [4.69, 9.17) is 5.26 Å². The topological polar surface area (TPSA) is 70.0 Å². The minimum absolute atomic E-state index is 0.0681. The van der Waals surface area contributed by atoms with Gasteiger partial charge >= 0.3 is 0 Å². The molecule has 5 heteroatoms. The van der Waals surface area contributed by atoms with Crippen LogP contribution in [0.5, 0.6) is 0 Å². The molecule has 0 aliphatic heterocycles. The highest BCUT2D eigenvalue weighted by molar-refractivity contribution is 7.91. The van der Waals surface area contributed by atoms with Crippen molar-refractivity contribution >= 4 is 9.84 Å². The predicted molar refractivity (Wildman–Crippen MR) is 80.2 cm³/mol. The molecule has 1 aromatic carbocycles. The molecule has 0 spiro atoms. The summed E-state index contributed by atoms with van der Waals surface area (Å²) >= 11 is 0. The second-order valence-corrected chi connectivity index (χ2v) is 7.76. The zero-order chi connectivity index (χ0) is 15.2. The molecule has 110 valence electrons. The molecular weight excluding hydrogens is 272 g/mol. The van der Waals surface area contributed by atoms with Crippen LogP contribution in [0.2, 0.25) is 0 Å². The Kier molecular flexibility index (Phi) is 5.73. The number of benzene rings is 1. The van der Waals surface area contributed by atoms with Crippen LogP contribution in [0, 0.1) is 16.7 Å². The fraction of sp³-hybridized carbons (Fsp3) is 0.533. The van der Waals surface area contributed by atoms with Crippen LogP contribution in [0.1, 0.15) is 32.8 Å². The van der Waals surface area contributed by atoms with Crippen molar-refractivity contribution < 1.29 is 8.42 Å². The van der Waals surface area contributed by atoms with Crippen molar-refractivity contribution in [3.05, 3.63) is 29.8 Å². The van der Waals surface area contributed by atoms with Crippen molar-refractivity contribution in [1.29, 1.82) is 5.26 Å². The van der Waals surface area contributed by atoms with Crippen LogP contribution >= 0.6 is 0 Å². The van der Waals surface area contributed by atoms with Gasteiger partial charge in [0.05, 0.1) is 22.3 Å². The van der Waals surface area contributed by atoms with Crippen LogP contribution in [-0.2, 0) is 9.84 Å². The standard InChI is InChI=1S/C15H22N2O2S/c1-4-15(2,3)12-17-9-10-20(18,19)14-7-5-13(11-16)6-8-14/h5-8,17H,4,9-10,12H2,1-3H3. The molecule has 0 radical (unpaired) electrons. The highest BCUT2D eigenvalue weighted by Gasteiger charge is 2.16. The lowest BCUT2D eigenvalue weighted by atomic mass is 9.90. The molecule has 1 aromatic rings. The van der Waals surface area contributed by atoms with Gasteiger partial charge in [0.2, 0.25) is 0 Å². The molecule has 0 saturated carbocycles. The lowest BCUT2D eigenvalue weighted by Gasteiger charge is -2.22. The first-order chi connectivity index (χ1) is 9.30. The van der Waals surface area contributed by atoms with Crippen LogP contribution in [-0.4, -0.2) is 27.3 Å². The molecule has 4 nitrogen and oxygen atoms in total. The number of sulfone groups is 1. The molecule has 0 aliphatic carbocycles. The maximum Gasteiger partial charge on any atom is 0.179 e. The highest BCUT2D eigenvalue weighted by atomic mass is 32.2. The van der Waals surface area contributed by atoms with E-state index in [1.807, 2.05) is 6.07 Å². The van der Waals surface area contributed by atoms with Gasteiger partial charge in [-0.1, -0.05) is 20.8 Å². The fourth-order valence-corrected chi connectivity index (χ4v) is 2.81. The first kappa shape index (κ1) is 16.7. The van der Waals surface area contributed by atoms with E-state index >= 15 is 0 Å². The van der Waals surface area contributed by atoms with E-state index in [1.54, 1.807) is 0 Å². The second-order valence-electron chi connectivity index (χ2n) is 5.65. The molecule has 0 unspecified atom stereocenters. The van der Waals surface area contributed by atoms with Crippen LogP contribution in [0.25, 0.3) is 0 Å². The average molecular weight is 294 g/mol. The largest absolute Gasteiger partial charge is 0.315 e. The first-order valence-electron chi connectivity index (χ1n) is 6.74. The van der Waals surface area contributed by atoms with Gasteiger partial charge in [0, 0.05) is 13.1 Å². The van der Waals surface area contributed by atoms with Gasteiger partial charge in [-0.25, -0.2) is 8.42 Å². The zero-order valence-corrected chi connectivity index (χ0v) is 13.1. The Morgan fingerprint density at radius 1 is 1.25 bits per heavy atom. The molecule has 0 fully saturated rings. The van der Waals surface area contributed by atoms with Crippen LogP contribution in [0.4, 0.5) is 0 Å². The van der Waals surface area contributed by atoms with E-state index in [2.05, 4.69) is 26.1 Å². The van der Waals surface area contributed by atoms with Gasteiger partial charge in [-0.2, -0.15) is 5.26 Å². The third-order valence-corrected chi connectivity index (χ3v) is 5.18. The number of hydrogen-bond donors (Lipinski definition) is 1. The summed E-state index contributed by atoms with van der Waals surface area (Å²) in [6.45, 7) is 7.65. The quantitative estimate of drug-likeness (QED) is 0.784. The Bertz CT molecular complexity index is 569. The van der Waals surface area contributed by atoms with Gasteiger partial charge in [0.25, 0.3) is 0 Å². The molecule has 0 aliphatic rings. The SMILES string of the molecule is CCC(C)(C)CNCCS(=O)(=O)c1ccc(C#N)cc1. The van der Waals surface area contributed by atoms with Gasteiger partial charge in [-0.3, -0.25) is 0 Å². The normalized spacial score (nSPS) is 12.1. The minimum atomic E-state index is -3.28. The molecule has 0 bridgehead atoms. The van der Waals surface area contributed by atoms with E-state index in [1.165, 1.54) is 24.3 Å². The van der Waals surface area contributed by atoms with Crippen LogP contribution in [0.3, 0.4) is 0 Å². The van der Waals surface area contributed by atoms with E-state index < -0.39 is 9.84 Å². The minimum Gasteiger partial charge on any atom is -0.315 e. The van der Waals surface area contributed by atoms with Gasteiger partial charge in [-0.05, 0) is 36.1 Å². The molecule has 0 heterocycles. The molecule has 20 heavy (non-hydrogen) atoms. The average Bonchev–Trinajstić information content (AvgIpc) is 2.44. The van der Waals surface area contributed by atoms with E-state index in [0.29, 0.717) is 12.1 Å². The Balaban J connectivity index is 2.56. The number of nitrogens with one attached hydrogen (secondary N) is 1. The predicted octanol–water partition coefficient (Wildman–Crippen LogP) is 2.36. The molecule has 0 saturated heterocycles. The summed E-state index contributed by atoms with van der Waals surface area (Å²) in [5, 5.41) is 11.9. The van der Waals surface area contributed by atoms with Crippen molar-refractivity contribution in [3.8, 4) is 6.07 Å². The van der Waals surface area contributed by atoms with Crippen LogP contribution < -0.4 is 5.32 Å². The van der Waals surface area contributed by atoms with E-state index in [0.717, 1.165) is 13.0 Å². The second kappa shape index (κ2) is 6.87. The Morgan fingerprint density at radius 2 is 1.85 bits per heavy atom. The molecule has 0 aromatic heterocycles. The summed E-state index contributed by atoms with van der Waals surface area (Å²) in [7, 11) is -3.28. The van der Waals surface area contributed by atoms with Crippen molar-refractivity contribution in [3.63, 3.8) is 0 Å². The zero-order valence-electron chi connectivity index (χ0n) is 12.3. The van der Waals surface area contributed by atoms with Gasteiger partial charge in [-0.15, -0.1) is 0 Å². The van der Waals surface area contributed by atoms with Gasteiger partial charge in [0.15, 0.2) is 9.84 Å². The third-order valence-electron chi connectivity index (χ3n) is 3.45. The number of nitriles is 1. The Morgan fingerprint density at radius 3 is 2.35 bits per heavy atom. The Labute approximate surface area is 121 Å². The summed E-state index contributed by atoms with van der Waals surface area (Å²) in [5.74, 6) is 0.0681. The fourth-order valence-electron chi connectivity index (χ4n) is 1.61. The lowest BCUT2D eigenvalue weighted by Crippen LogP contribution is -2.32. The Hall–Kier alpha value is -1.38. The summed E-state index contributed by atoms with van der Waals surface area (Å²) in [6.07, 6.45) is 1.04. The number of hydrogen-bond acceptors (Lipinski definition) is 4.